The van der Waals surface area contributed by atoms with Gasteiger partial charge in [0.05, 0.1) is 17.1 Å². The fraction of sp³-hybridized carbons (Fsp3) is 1.00. The zero-order chi connectivity index (χ0) is 10.9. The molecule has 0 amide bonds. The zero-order valence-electron chi connectivity index (χ0n) is 9.11. The Morgan fingerprint density at radius 3 is 2.73 bits per heavy atom. The van der Waals surface area contributed by atoms with Gasteiger partial charge in [-0.3, -0.25) is 0 Å². The van der Waals surface area contributed by atoms with Crippen LogP contribution in [0.15, 0.2) is 0 Å². The summed E-state index contributed by atoms with van der Waals surface area (Å²) < 4.78 is 28.6. The second-order valence-electron chi connectivity index (χ2n) is 4.51. The summed E-state index contributed by atoms with van der Waals surface area (Å²) in [7, 11) is -2.80. The summed E-state index contributed by atoms with van der Waals surface area (Å²) in [6.45, 7) is 3.42. The van der Waals surface area contributed by atoms with Crippen molar-refractivity contribution < 1.29 is 13.2 Å². The first-order chi connectivity index (χ1) is 7.09. The molecule has 0 radical (unpaired) electrons. The summed E-state index contributed by atoms with van der Waals surface area (Å²) in [5, 5.41) is 3.16. The molecule has 2 rings (SSSR count). The minimum atomic E-state index is -2.80. The summed E-state index contributed by atoms with van der Waals surface area (Å²) >= 11 is 0. The van der Waals surface area contributed by atoms with Crippen LogP contribution in [0.25, 0.3) is 0 Å². The maximum Gasteiger partial charge on any atom is 0.154 e. The smallest absolute Gasteiger partial charge is 0.154 e. The predicted molar refractivity (Wildman–Crippen MR) is 58.6 cm³/mol. The standard InChI is InChI=1S/C10H19NO3S/c1-8-10(4-5-14-8)11-7-9-3-2-6-15(9,12)13/h8-11H,2-7H2,1H3. The van der Waals surface area contributed by atoms with Crippen molar-refractivity contribution >= 4 is 9.84 Å². The molecule has 0 spiro atoms. The second-order valence-corrected chi connectivity index (χ2v) is 6.91. The molecule has 0 aliphatic carbocycles. The largest absolute Gasteiger partial charge is 0.377 e. The lowest BCUT2D eigenvalue weighted by atomic mass is 10.1. The van der Waals surface area contributed by atoms with Gasteiger partial charge in [-0.1, -0.05) is 0 Å². The molecule has 3 atom stereocenters. The SMILES string of the molecule is CC1OCCC1NCC1CCCS1(=O)=O. The van der Waals surface area contributed by atoms with E-state index in [9.17, 15) is 8.42 Å². The van der Waals surface area contributed by atoms with E-state index in [0.717, 1.165) is 25.9 Å². The molecule has 2 saturated heterocycles. The van der Waals surface area contributed by atoms with Crippen LogP contribution in [0.2, 0.25) is 0 Å². The van der Waals surface area contributed by atoms with E-state index in [1.807, 2.05) is 6.92 Å². The summed E-state index contributed by atoms with van der Waals surface area (Å²) in [6.07, 6.45) is 2.85. The Morgan fingerprint density at radius 2 is 2.20 bits per heavy atom. The van der Waals surface area contributed by atoms with Crippen molar-refractivity contribution in [3.63, 3.8) is 0 Å². The molecule has 15 heavy (non-hydrogen) atoms. The Hall–Kier alpha value is -0.130. The monoisotopic (exact) mass is 233 g/mol. The summed E-state index contributed by atoms with van der Waals surface area (Å²) in [5.74, 6) is 0.371. The molecule has 0 aromatic rings. The highest BCUT2D eigenvalue weighted by Gasteiger charge is 2.32. The van der Waals surface area contributed by atoms with E-state index in [1.165, 1.54) is 0 Å². The van der Waals surface area contributed by atoms with Gasteiger partial charge in [0.2, 0.25) is 0 Å². The van der Waals surface area contributed by atoms with E-state index in [4.69, 9.17) is 4.74 Å². The van der Waals surface area contributed by atoms with Crippen LogP contribution >= 0.6 is 0 Å². The van der Waals surface area contributed by atoms with Crippen molar-refractivity contribution in [2.75, 3.05) is 18.9 Å². The normalized spacial score (nSPS) is 39.7. The fourth-order valence-electron chi connectivity index (χ4n) is 2.37. The van der Waals surface area contributed by atoms with E-state index < -0.39 is 9.84 Å². The lowest BCUT2D eigenvalue weighted by molar-refractivity contribution is 0.113. The molecule has 3 unspecified atom stereocenters. The number of hydrogen-bond donors (Lipinski definition) is 1. The maximum atomic E-state index is 11.6. The lowest BCUT2D eigenvalue weighted by Gasteiger charge is -2.18. The van der Waals surface area contributed by atoms with Gasteiger partial charge in [0.25, 0.3) is 0 Å². The van der Waals surface area contributed by atoms with Crippen molar-refractivity contribution in [1.82, 2.24) is 5.32 Å². The molecule has 1 N–H and O–H groups in total. The van der Waals surface area contributed by atoms with E-state index in [-0.39, 0.29) is 11.4 Å². The van der Waals surface area contributed by atoms with Crippen LogP contribution in [0.1, 0.15) is 26.2 Å². The van der Waals surface area contributed by atoms with Gasteiger partial charge >= 0.3 is 0 Å². The number of rotatable bonds is 3. The van der Waals surface area contributed by atoms with Crippen LogP contribution in [-0.4, -0.2) is 44.7 Å². The van der Waals surface area contributed by atoms with Gasteiger partial charge in [0.1, 0.15) is 0 Å². The quantitative estimate of drug-likeness (QED) is 0.763. The third-order valence-corrected chi connectivity index (χ3v) is 5.72. The van der Waals surface area contributed by atoms with Crippen molar-refractivity contribution in [3.05, 3.63) is 0 Å². The van der Waals surface area contributed by atoms with Crippen molar-refractivity contribution in [3.8, 4) is 0 Å². The molecule has 2 fully saturated rings. The molecule has 2 aliphatic heterocycles. The maximum absolute atomic E-state index is 11.6. The molecule has 2 aliphatic rings. The Bertz CT molecular complexity index is 315. The van der Waals surface area contributed by atoms with Gasteiger partial charge in [-0.2, -0.15) is 0 Å². The third kappa shape index (κ3) is 2.52. The first kappa shape index (κ1) is 11.4. The van der Waals surface area contributed by atoms with Crippen LogP contribution in [0.5, 0.6) is 0 Å². The number of ether oxygens (including phenoxy) is 1. The Labute approximate surface area is 91.3 Å². The summed E-state index contributed by atoms with van der Waals surface area (Å²) in [6, 6.07) is 0.334. The number of hydrogen-bond acceptors (Lipinski definition) is 4. The van der Waals surface area contributed by atoms with Crippen molar-refractivity contribution in [2.24, 2.45) is 0 Å². The average Bonchev–Trinajstić information content (AvgIpc) is 2.69. The molecule has 4 nitrogen and oxygen atoms in total. The summed E-state index contributed by atoms with van der Waals surface area (Å²) in [4.78, 5) is 0. The minimum Gasteiger partial charge on any atom is -0.377 e. The molecule has 0 saturated carbocycles. The third-order valence-electron chi connectivity index (χ3n) is 3.45. The minimum absolute atomic E-state index is 0.162. The van der Waals surface area contributed by atoms with Crippen molar-refractivity contribution in [2.45, 2.75) is 43.6 Å². The first-order valence-electron chi connectivity index (χ1n) is 5.66. The molecule has 0 bridgehead atoms. The summed E-state index contributed by atoms with van der Waals surface area (Å²) in [5.41, 5.74) is 0. The highest BCUT2D eigenvalue weighted by molar-refractivity contribution is 7.92. The van der Waals surface area contributed by atoms with Gasteiger partial charge in [0.15, 0.2) is 9.84 Å². The van der Waals surface area contributed by atoms with Crippen LogP contribution in [0, 0.1) is 0 Å². The topological polar surface area (TPSA) is 55.4 Å². The lowest BCUT2D eigenvalue weighted by Crippen LogP contribution is -2.40. The average molecular weight is 233 g/mol. The predicted octanol–water partition coefficient (Wildman–Crippen LogP) is 0.331. The molecular weight excluding hydrogens is 214 g/mol. The Morgan fingerprint density at radius 1 is 1.40 bits per heavy atom. The van der Waals surface area contributed by atoms with Crippen molar-refractivity contribution in [1.29, 1.82) is 0 Å². The molecule has 0 aromatic heterocycles. The molecule has 2 heterocycles. The van der Waals surface area contributed by atoms with Gasteiger partial charge in [-0.15, -0.1) is 0 Å². The molecule has 88 valence electrons. The Kier molecular flexibility index (Phi) is 3.33. The number of nitrogens with one attached hydrogen (secondary N) is 1. The highest BCUT2D eigenvalue weighted by Crippen LogP contribution is 2.20. The van der Waals surface area contributed by atoms with Crippen LogP contribution in [0.3, 0.4) is 0 Å². The van der Waals surface area contributed by atoms with Gasteiger partial charge in [-0.25, -0.2) is 8.42 Å². The first-order valence-corrected chi connectivity index (χ1v) is 7.38. The molecule has 5 heteroatoms. The van der Waals surface area contributed by atoms with Crippen LogP contribution < -0.4 is 5.32 Å². The molecule has 0 aromatic carbocycles. The van der Waals surface area contributed by atoms with E-state index in [1.54, 1.807) is 0 Å². The van der Waals surface area contributed by atoms with Gasteiger partial charge < -0.3 is 10.1 Å². The zero-order valence-corrected chi connectivity index (χ0v) is 9.92. The van der Waals surface area contributed by atoms with Gasteiger partial charge in [-0.05, 0) is 26.2 Å². The highest BCUT2D eigenvalue weighted by atomic mass is 32.2. The second kappa shape index (κ2) is 4.39. The Balaban J connectivity index is 1.83. The van der Waals surface area contributed by atoms with Crippen LogP contribution in [-0.2, 0) is 14.6 Å². The van der Waals surface area contributed by atoms with Gasteiger partial charge in [0, 0.05) is 19.2 Å². The van der Waals surface area contributed by atoms with Crippen LogP contribution in [0.4, 0.5) is 0 Å². The van der Waals surface area contributed by atoms with E-state index in [2.05, 4.69) is 5.32 Å². The fourth-order valence-corrected chi connectivity index (χ4v) is 4.15. The van der Waals surface area contributed by atoms with E-state index >= 15 is 0 Å². The van der Waals surface area contributed by atoms with E-state index in [0.29, 0.717) is 18.3 Å². The molecular formula is C10H19NO3S. The number of sulfone groups is 1.